The molecule has 6 aliphatic heterocycles. The summed E-state index contributed by atoms with van der Waals surface area (Å²) in [5.41, 5.74) is -4.63. The van der Waals surface area contributed by atoms with E-state index in [9.17, 15) is 49.5 Å². The summed E-state index contributed by atoms with van der Waals surface area (Å²) < 4.78 is 81.7. The number of nitrogens with one attached hydrogen (secondary N) is 1. The fraction of sp³-hybridized carbons (Fsp3) is 0.765. The number of Topliss-reactive ketones (excluding diaryl/α,β-unsaturated/α-hetero) is 1. The minimum absolute atomic E-state index is 0.0259. The highest BCUT2D eigenvalue weighted by atomic mass is 16.8. The molecule has 0 aromatic carbocycles. The average Bonchev–Trinajstić information content (AvgIpc) is 1.68. The van der Waals surface area contributed by atoms with Crippen LogP contribution in [0.1, 0.15) is 147 Å². The molecule has 5 saturated heterocycles. The van der Waals surface area contributed by atoms with Gasteiger partial charge in [0.25, 0.3) is 0 Å². The summed E-state index contributed by atoms with van der Waals surface area (Å²) in [7, 11) is 1.17. The van der Waals surface area contributed by atoms with Gasteiger partial charge in [0.15, 0.2) is 54.7 Å². The number of esters is 2. The predicted octanol–water partition coefficient (Wildman–Crippen LogP) is 6.42. The molecule has 25 nitrogen and oxygen atoms in total. The lowest BCUT2D eigenvalue weighted by Gasteiger charge is -2.56. The highest BCUT2D eigenvalue weighted by Gasteiger charge is 2.65. The van der Waals surface area contributed by atoms with Crippen molar-refractivity contribution >= 4 is 36.1 Å². The summed E-state index contributed by atoms with van der Waals surface area (Å²) in [4.78, 5) is 81.8. The first kappa shape index (κ1) is 70.8. The fourth-order valence-corrected chi connectivity index (χ4v) is 17.0. The summed E-state index contributed by atoms with van der Waals surface area (Å²) in [6.45, 7) is 21.2. The maximum absolute atomic E-state index is 16.2. The zero-order valence-corrected chi connectivity index (χ0v) is 55.5. The number of aldehydes is 1. The van der Waals surface area contributed by atoms with Crippen LogP contribution in [0.3, 0.4) is 0 Å². The molecule has 518 valence electrons. The molecule has 0 aromatic heterocycles. The second kappa shape index (κ2) is 28.2. The van der Waals surface area contributed by atoms with Crippen LogP contribution in [-0.2, 0) is 85.6 Å². The molecule has 6 heterocycles. The van der Waals surface area contributed by atoms with Crippen LogP contribution in [0.25, 0.3) is 0 Å². The van der Waals surface area contributed by atoms with Crippen molar-refractivity contribution in [3.8, 4) is 0 Å². The molecule has 0 aromatic rings. The van der Waals surface area contributed by atoms with Gasteiger partial charge in [0.2, 0.25) is 0 Å². The lowest BCUT2D eigenvalue weighted by Crippen LogP contribution is -2.61. The van der Waals surface area contributed by atoms with Gasteiger partial charge in [-0.05, 0) is 116 Å². The molecule has 4 aliphatic carbocycles. The van der Waals surface area contributed by atoms with Crippen molar-refractivity contribution in [1.29, 1.82) is 0 Å². The van der Waals surface area contributed by atoms with Gasteiger partial charge in [-0.3, -0.25) is 19.2 Å². The zero-order chi connectivity index (χ0) is 67.5. The lowest BCUT2D eigenvalue weighted by molar-refractivity contribution is -0.331. The van der Waals surface area contributed by atoms with E-state index in [2.05, 4.69) is 25.2 Å². The Hall–Kier alpha value is -5.00. The number of carbonyl (C=O) groups is 6. The van der Waals surface area contributed by atoms with Crippen LogP contribution >= 0.6 is 0 Å². The smallest absolute Gasteiger partial charge is 0.407 e. The summed E-state index contributed by atoms with van der Waals surface area (Å²) in [6, 6.07) is -1.02. The number of allylic oxidation sites excluding steroid dienone is 2. The quantitative estimate of drug-likeness (QED) is 0.0359. The van der Waals surface area contributed by atoms with Crippen molar-refractivity contribution in [2.24, 2.45) is 46.3 Å². The minimum Gasteiger partial charge on any atom is -0.507 e. The van der Waals surface area contributed by atoms with Crippen LogP contribution in [-0.4, -0.2) is 197 Å². The van der Waals surface area contributed by atoms with Crippen LogP contribution in [0.4, 0.5) is 4.79 Å². The monoisotopic (exact) mass is 1310 g/mol. The van der Waals surface area contributed by atoms with Gasteiger partial charge in [0.1, 0.15) is 24.1 Å². The van der Waals surface area contributed by atoms with Gasteiger partial charge in [-0.2, -0.15) is 0 Å². The number of fused-ring (bicyclic) bond motifs is 3. The molecule has 10 rings (SSSR count). The molecule has 6 fully saturated rings. The minimum atomic E-state index is -2.12. The second-order valence-corrected chi connectivity index (χ2v) is 28.3. The number of aliphatic hydroxyl groups is 4. The number of carbonyl (C=O) groups excluding carboxylic acids is 5. The van der Waals surface area contributed by atoms with Crippen molar-refractivity contribution in [2.75, 3.05) is 7.11 Å². The van der Waals surface area contributed by atoms with E-state index < -0.39 is 204 Å². The van der Waals surface area contributed by atoms with E-state index in [1.54, 1.807) is 40.7 Å². The summed E-state index contributed by atoms with van der Waals surface area (Å²) >= 11 is 0. The molecule has 1 amide bonds. The molecular formula is C68H97NO24. The van der Waals surface area contributed by atoms with E-state index in [0.29, 0.717) is 49.5 Å². The molecule has 93 heavy (non-hydrogen) atoms. The number of alkyl carbamates (subject to hydrolysis) is 1. The Morgan fingerprint density at radius 3 is 1.98 bits per heavy atom. The maximum atomic E-state index is 16.2. The Bertz CT molecular complexity index is 2950. The summed E-state index contributed by atoms with van der Waals surface area (Å²) in [5.74, 6) is -7.68. The normalized spacial score (nSPS) is 47.4. The third-order valence-corrected chi connectivity index (χ3v) is 21.8. The first-order valence-corrected chi connectivity index (χ1v) is 33.2. The number of hydrogen-bond donors (Lipinski definition) is 6. The van der Waals surface area contributed by atoms with Crippen molar-refractivity contribution < 1.29 is 116 Å². The zero-order valence-electron chi connectivity index (χ0n) is 55.5. The van der Waals surface area contributed by atoms with Crippen molar-refractivity contribution in [3.05, 3.63) is 58.4 Å². The molecule has 2 unspecified atom stereocenters. The van der Waals surface area contributed by atoms with E-state index in [4.69, 9.17) is 61.6 Å². The van der Waals surface area contributed by atoms with Crippen LogP contribution in [0.15, 0.2) is 58.4 Å². The van der Waals surface area contributed by atoms with E-state index in [-0.39, 0.29) is 49.5 Å². The molecule has 29 atom stereocenters. The Morgan fingerprint density at radius 1 is 0.688 bits per heavy atom. The van der Waals surface area contributed by atoms with Gasteiger partial charge in [-0.15, -0.1) is 0 Å². The highest BCUT2D eigenvalue weighted by Crippen LogP contribution is 2.60. The molecule has 6 N–H and O–H groups in total. The summed E-state index contributed by atoms with van der Waals surface area (Å²) in [5, 5.41) is 59.3. The lowest BCUT2D eigenvalue weighted by atomic mass is 9.48. The Balaban J connectivity index is 0.902. The van der Waals surface area contributed by atoms with Gasteiger partial charge in [-0.25, -0.2) is 9.59 Å². The molecule has 1 spiro atoms. The van der Waals surface area contributed by atoms with E-state index in [1.165, 1.54) is 27.0 Å². The van der Waals surface area contributed by atoms with Crippen LogP contribution in [0, 0.1) is 46.3 Å². The first-order chi connectivity index (χ1) is 43.9. The number of hydrogen-bond acceptors (Lipinski definition) is 23. The number of carboxylic acid groups (broad SMARTS) is 1. The average molecular weight is 1310 g/mol. The Morgan fingerprint density at radius 2 is 1.32 bits per heavy atom. The van der Waals surface area contributed by atoms with Crippen LogP contribution < -0.4 is 5.32 Å². The van der Waals surface area contributed by atoms with Gasteiger partial charge in [0, 0.05) is 62.7 Å². The molecule has 25 heteroatoms. The first-order valence-electron chi connectivity index (χ1n) is 33.2. The molecule has 2 bridgehead atoms. The number of ether oxygens (including phenoxy) is 13. The maximum Gasteiger partial charge on any atom is 0.407 e. The predicted molar refractivity (Wildman–Crippen MR) is 326 cm³/mol. The van der Waals surface area contributed by atoms with E-state index in [0.717, 1.165) is 0 Å². The third kappa shape index (κ3) is 14.0. The SMILES string of the molecule is COC(=O)N[C@H]1[C@@H](C)O[C@@H](O[C@H]2C/C=C(\C)[C@@H]3C=C[C@@H]4[C@@H](O[C@H]5C[C@@H](O[C@H]6CC[C@@H](O[C@H]7C[C@@H](O)[C@@H](O[C@H]8CC[C@@H](O)[C@H](C)O8)[C@H](C)O7)[C@H](C)O6)[C@@H](OC(C)=O)[C@H](C)O5)[C@@H](C)C[C@H](C)[C@H]4[C@]3(C)C(=O)C3=C(O)C4(CC(C=O)=C[C@H](O)[C@H]4/C=C/2C)OC3=O)CC1(C)C(=O)O. The van der Waals surface area contributed by atoms with E-state index in [1.807, 2.05) is 32.9 Å². The molecule has 0 radical (unpaired) electrons. The number of carboxylic acids is 1. The van der Waals surface area contributed by atoms with Gasteiger partial charge in [-0.1, -0.05) is 50.6 Å². The number of aliphatic carboxylic acids is 1. The largest absolute Gasteiger partial charge is 0.507 e. The van der Waals surface area contributed by atoms with Gasteiger partial charge < -0.3 is 92.4 Å². The van der Waals surface area contributed by atoms with E-state index >= 15 is 4.79 Å². The Labute approximate surface area is 543 Å². The number of methoxy groups -OCH3 is 1. The van der Waals surface area contributed by atoms with Crippen molar-refractivity contribution in [3.63, 3.8) is 0 Å². The van der Waals surface area contributed by atoms with Crippen LogP contribution in [0.2, 0.25) is 0 Å². The van der Waals surface area contributed by atoms with Crippen molar-refractivity contribution in [2.45, 2.75) is 276 Å². The van der Waals surface area contributed by atoms with Gasteiger partial charge in [0.05, 0.1) is 91.6 Å². The van der Waals surface area contributed by atoms with Gasteiger partial charge >= 0.3 is 24.0 Å². The fourth-order valence-electron chi connectivity index (χ4n) is 17.0. The number of ketones is 1. The number of amides is 1. The third-order valence-electron chi connectivity index (χ3n) is 21.8. The number of rotatable bonds is 14. The number of aliphatic hydroxyl groups excluding tert-OH is 4. The standard InChI is InChI=1S/C68H97NO24/c1-30-14-18-47(88-54-28-66(11,64(78)79)60(38(9)86-54)69-65(80)81-13)31(2)23-43-45(73)24-40(29-70)27-68(43)62(76)55(63(77)93-68)61(75)67(12)42(30)16-15-41-56(67)32(3)22-33(4)57(41)92-53-26-49(59(37(8)85-53)87-39(10)71)90-50-21-19-48(35(6)83-50)89-52-25-46(74)58(36(7)84-52)91-51-20-17-44(72)34(5)82-51/h14-16,23-24,29,32-38,41-54,56-60,72-74,76H,17-22,25-28H2,1-13H3,(H,69,80)(H,78,79)/b30-14+,31-23+/t32-,33-,34-,35-,36-,37-,38+,41-,42-,43+,44+,45-,46+,47-,48+,49+,50-,51-,52-,53-,54-,56+,57-,58-,59-,60-,66?,67+,68?/m0/s1. The highest BCUT2D eigenvalue weighted by molar-refractivity contribution is 6.21. The molecular weight excluding hydrogens is 1210 g/mol. The summed E-state index contributed by atoms with van der Waals surface area (Å²) in [6.07, 6.45) is -3.73. The molecule has 1 saturated carbocycles. The Kier molecular flexibility index (Phi) is 21.5. The molecule has 10 aliphatic rings. The second-order valence-electron chi connectivity index (χ2n) is 28.3. The van der Waals surface area contributed by atoms with Crippen molar-refractivity contribution in [1.82, 2.24) is 5.32 Å². The van der Waals surface area contributed by atoms with Crippen LogP contribution in [0.5, 0.6) is 0 Å². The topological polar surface area (TPSA) is 336 Å².